The van der Waals surface area contributed by atoms with Gasteiger partial charge in [0.1, 0.15) is 0 Å². The largest absolute Gasteiger partial charge is 0.504 e. The number of phenolic OH excluding ortho intramolecular Hbond substituents is 1. The van der Waals surface area contributed by atoms with Gasteiger partial charge in [0.05, 0.1) is 19.0 Å². The van der Waals surface area contributed by atoms with Crippen LogP contribution in [-0.4, -0.2) is 18.4 Å². The molecule has 0 saturated heterocycles. The molecule has 0 saturated carbocycles. The summed E-state index contributed by atoms with van der Waals surface area (Å²) in [6, 6.07) is 12.4. The second-order valence-electron chi connectivity index (χ2n) is 3.78. The summed E-state index contributed by atoms with van der Waals surface area (Å²) in [6.45, 7) is 0. The van der Waals surface area contributed by atoms with E-state index in [4.69, 9.17) is 16.3 Å². The molecule has 0 unspecified atom stereocenters. The third-order valence-corrected chi connectivity index (χ3v) is 2.74. The smallest absolute Gasteiger partial charge is 0.166 e. The highest BCUT2D eigenvalue weighted by molar-refractivity contribution is 6.30. The van der Waals surface area contributed by atoms with Crippen molar-refractivity contribution in [2.45, 2.75) is 0 Å². The molecule has 2 aromatic carbocycles. The van der Waals surface area contributed by atoms with E-state index in [0.717, 1.165) is 5.69 Å². The normalized spacial score (nSPS) is 10.6. The van der Waals surface area contributed by atoms with Crippen LogP contribution in [0, 0.1) is 0 Å². The van der Waals surface area contributed by atoms with Crippen LogP contribution in [0.1, 0.15) is 5.56 Å². The number of aromatic hydroxyl groups is 1. The number of rotatable bonds is 4. The summed E-state index contributed by atoms with van der Waals surface area (Å²) in [5.41, 5.74) is 4.22. The van der Waals surface area contributed by atoms with Crippen LogP contribution in [-0.2, 0) is 0 Å². The molecule has 0 fully saturated rings. The Bertz CT molecular complexity index is 582. The zero-order chi connectivity index (χ0) is 13.7. The van der Waals surface area contributed by atoms with Crippen molar-refractivity contribution in [2.24, 2.45) is 5.10 Å². The van der Waals surface area contributed by atoms with E-state index in [1.54, 1.807) is 30.3 Å². The van der Waals surface area contributed by atoms with E-state index in [1.165, 1.54) is 13.3 Å². The molecule has 2 N–H and O–H groups in total. The van der Waals surface area contributed by atoms with Gasteiger partial charge in [-0.1, -0.05) is 17.7 Å². The molecule has 0 aromatic heterocycles. The Morgan fingerprint density at radius 3 is 2.63 bits per heavy atom. The van der Waals surface area contributed by atoms with E-state index in [-0.39, 0.29) is 5.75 Å². The molecular weight excluding hydrogens is 264 g/mol. The summed E-state index contributed by atoms with van der Waals surface area (Å²) >= 11 is 5.78. The molecule has 0 amide bonds. The summed E-state index contributed by atoms with van der Waals surface area (Å²) in [4.78, 5) is 0. The van der Waals surface area contributed by atoms with Crippen molar-refractivity contribution in [2.75, 3.05) is 12.5 Å². The number of hydrogen-bond acceptors (Lipinski definition) is 4. The summed E-state index contributed by atoms with van der Waals surface area (Å²) in [5.74, 6) is 0.474. The summed E-state index contributed by atoms with van der Waals surface area (Å²) in [7, 11) is 1.50. The second-order valence-corrected chi connectivity index (χ2v) is 4.21. The number of anilines is 1. The number of methoxy groups -OCH3 is 1. The molecular formula is C14H13ClN2O2. The highest BCUT2D eigenvalue weighted by Gasteiger charge is 2.04. The minimum atomic E-state index is 0.0617. The van der Waals surface area contributed by atoms with E-state index in [0.29, 0.717) is 16.3 Å². The molecule has 98 valence electrons. The molecule has 0 aliphatic rings. The Morgan fingerprint density at radius 2 is 1.95 bits per heavy atom. The number of nitrogens with one attached hydrogen (secondary N) is 1. The minimum Gasteiger partial charge on any atom is -0.504 e. The van der Waals surface area contributed by atoms with Gasteiger partial charge in [0.2, 0.25) is 0 Å². The molecule has 0 heterocycles. The lowest BCUT2D eigenvalue weighted by atomic mass is 10.2. The Kier molecular flexibility index (Phi) is 4.26. The van der Waals surface area contributed by atoms with Crippen molar-refractivity contribution in [3.05, 3.63) is 53.1 Å². The maximum absolute atomic E-state index is 9.86. The van der Waals surface area contributed by atoms with Crippen molar-refractivity contribution in [3.8, 4) is 11.5 Å². The van der Waals surface area contributed by atoms with Gasteiger partial charge >= 0.3 is 0 Å². The predicted octanol–water partition coefficient (Wildman–Crippen LogP) is 3.50. The maximum atomic E-state index is 9.86. The number of nitrogens with zero attached hydrogens (tertiary/aromatic N) is 1. The van der Waals surface area contributed by atoms with Crippen LogP contribution in [0.2, 0.25) is 5.02 Å². The van der Waals surface area contributed by atoms with Crippen LogP contribution in [0.4, 0.5) is 5.69 Å². The number of hydrogen-bond donors (Lipinski definition) is 2. The van der Waals surface area contributed by atoms with E-state index in [2.05, 4.69) is 10.5 Å². The summed E-state index contributed by atoms with van der Waals surface area (Å²) in [6.07, 6.45) is 1.52. The Balaban J connectivity index is 2.09. The Morgan fingerprint density at radius 1 is 1.21 bits per heavy atom. The number of phenols is 1. The van der Waals surface area contributed by atoms with Crippen LogP contribution < -0.4 is 10.2 Å². The van der Waals surface area contributed by atoms with Crippen LogP contribution >= 0.6 is 11.6 Å². The highest BCUT2D eigenvalue weighted by Crippen LogP contribution is 2.28. The fourth-order valence-corrected chi connectivity index (χ4v) is 1.63. The van der Waals surface area contributed by atoms with Gasteiger partial charge in [-0.2, -0.15) is 5.10 Å². The molecule has 4 nitrogen and oxygen atoms in total. The van der Waals surface area contributed by atoms with Gasteiger partial charge < -0.3 is 9.84 Å². The molecule has 2 rings (SSSR count). The van der Waals surface area contributed by atoms with Gasteiger partial charge in [-0.3, -0.25) is 5.43 Å². The van der Waals surface area contributed by atoms with Gasteiger partial charge in [-0.15, -0.1) is 0 Å². The molecule has 5 heteroatoms. The lowest BCUT2D eigenvalue weighted by Gasteiger charge is -2.05. The summed E-state index contributed by atoms with van der Waals surface area (Å²) < 4.78 is 5.02. The third-order valence-electron chi connectivity index (χ3n) is 2.49. The number of benzene rings is 2. The molecule has 0 atom stereocenters. The second kappa shape index (κ2) is 6.11. The van der Waals surface area contributed by atoms with Crippen LogP contribution in [0.15, 0.2) is 47.6 Å². The van der Waals surface area contributed by atoms with Crippen LogP contribution in [0.25, 0.3) is 0 Å². The first-order chi connectivity index (χ1) is 9.20. The molecule has 0 aliphatic carbocycles. The van der Waals surface area contributed by atoms with Crippen molar-refractivity contribution in [3.63, 3.8) is 0 Å². The van der Waals surface area contributed by atoms with E-state index < -0.39 is 0 Å². The van der Waals surface area contributed by atoms with Gasteiger partial charge in [-0.25, -0.2) is 0 Å². The van der Waals surface area contributed by atoms with Gasteiger partial charge in [-0.05, 0) is 36.4 Å². The van der Waals surface area contributed by atoms with Crippen molar-refractivity contribution in [1.29, 1.82) is 0 Å². The molecule has 2 aromatic rings. The van der Waals surface area contributed by atoms with Gasteiger partial charge in [0.15, 0.2) is 11.5 Å². The highest BCUT2D eigenvalue weighted by atomic mass is 35.5. The standard InChI is InChI=1S/C14H13ClN2O2/c1-19-13-4-2-3-10(14(13)18)9-16-17-12-7-5-11(15)6-8-12/h2-9,17-18H,1H3/b16-9+. The number of ether oxygens (including phenoxy) is 1. The number of hydrazone groups is 1. The van der Waals surface area contributed by atoms with Crippen LogP contribution in [0.5, 0.6) is 11.5 Å². The zero-order valence-electron chi connectivity index (χ0n) is 10.3. The maximum Gasteiger partial charge on any atom is 0.166 e. The first kappa shape index (κ1) is 13.2. The summed E-state index contributed by atoms with van der Waals surface area (Å²) in [5, 5.41) is 14.6. The third kappa shape index (κ3) is 3.39. The molecule has 0 spiro atoms. The first-order valence-electron chi connectivity index (χ1n) is 5.61. The molecule has 19 heavy (non-hydrogen) atoms. The quantitative estimate of drug-likeness (QED) is 0.664. The average Bonchev–Trinajstić information content (AvgIpc) is 2.43. The van der Waals surface area contributed by atoms with E-state index in [1.807, 2.05) is 12.1 Å². The van der Waals surface area contributed by atoms with E-state index >= 15 is 0 Å². The minimum absolute atomic E-state index is 0.0617. The fourth-order valence-electron chi connectivity index (χ4n) is 1.51. The molecule has 0 radical (unpaired) electrons. The predicted molar refractivity (Wildman–Crippen MR) is 77.3 cm³/mol. The molecule has 0 aliphatic heterocycles. The van der Waals surface area contributed by atoms with Gasteiger partial charge in [0.25, 0.3) is 0 Å². The average molecular weight is 277 g/mol. The first-order valence-corrected chi connectivity index (χ1v) is 5.99. The lowest BCUT2D eigenvalue weighted by Crippen LogP contribution is -1.92. The van der Waals surface area contributed by atoms with E-state index in [9.17, 15) is 5.11 Å². The van der Waals surface area contributed by atoms with Crippen molar-refractivity contribution < 1.29 is 9.84 Å². The van der Waals surface area contributed by atoms with Crippen molar-refractivity contribution in [1.82, 2.24) is 0 Å². The monoisotopic (exact) mass is 276 g/mol. The lowest BCUT2D eigenvalue weighted by molar-refractivity contribution is 0.373. The zero-order valence-corrected chi connectivity index (χ0v) is 11.1. The Labute approximate surface area is 116 Å². The SMILES string of the molecule is COc1cccc(/C=N/Nc2ccc(Cl)cc2)c1O. The number of halogens is 1. The van der Waals surface area contributed by atoms with Crippen LogP contribution in [0.3, 0.4) is 0 Å². The fraction of sp³-hybridized carbons (Fsp3) is 0.0714. The topological polar surface area (TPSA) is 53.8 Å². The molecule has 0 bridgehead atoms. The Hall–Kier alpha value is -2.20. The number of para-hydroxylation sites is 1. The van der Waals surface area contributed by atoms with Gasteiger partial charge in [0, 0.05) is 10.6 Å². The van der Waals surface area contributed by atoms with Crippen molar-refractivity contribution >= 4 is 23.5 Å².